The number of anilines is 1. The highest BCUT2D eigenvalue weighted by molar-refractivity contribution is 7.99. The van der Waals surface area contributed by atoms with Gasteiger partial charge in [0.1, 0.15) is 6.04 Å². The van der Waals surface area contributed by atoms with Crippen LogP contribution in [-0.4, -0.2) is 44.7 Å². The Kier molecular flexibility index (Phi) is 6.46. The summed E-state index contributed by atoms with van der Waals surface area (Å²) in [7, 11) is 0. The van der Waals surface area contributed by atoms with Gasteiger partial charge >= 0.3 is 12.0 Å². The number of amides is 1. The maximum absolute atomic E-state index is 11.6. The number of aliphatic carboxylic acids is 1. The number of rotatable bonds is 8. The smallest absolute Gasteiger partial charge is 0.322 e. The minimum atomic E-state index is -1.04. The van der Waals surface area contributed by atoms with Gasteiger partial charge in [-0.25, -0.2) is 0 Å². The minimum Gasteiger partial charge on any atom is -0.480 e. The predicted molar refractivity (Wildman–Crippen MR) is 74.6 cm³/mol. The third kappa shape index (κ3) is 5.57. The number of aromatic nitrogens is 2. The lowest BCUT2D eigenvalue weighted by atomic mass is 10.2. The van der Waals surface area contributed by atoms with Crippen LogP contribution in [0.25, 0.3) is 0 Å². The van der Waals surface area contributed by atoms with Crippen molar-refractivity contribution < 1.29 is 19.1 Å². The van der Waals surface area contributed by atoms with Crippen LogP contribution in [0, 0.1) is 0 Å². The Bertz CT molecular complexity index is 463. The fourth-order valence-electron chi connectivity index (χ4n) is 1.17. The average molecular weight is 302 g/mol. The fourth-order valence-corrected chi connectivity index (χ4v) is 1.99. The van der Waals surface area contributed by atoms with E-state index in [1.807, 2.05) is 13.8 Å². The van der Waals surface area contributed by atoms with Crippen LogP contribution in [0.15, 0.2) is 4.42 Å². The minimum absolute atomic E-state index is 0.0709. The molecule has 0 fully saturated rings. The molecule has 112 valence electrons. The van der Waals surface area contributed by atoms with Crippen LogP contribution in [-0.2, 0) is 9.59 Å². The van der Waals surface area contributed by atoms with Crippen LogP contribution in [0.3, 0.4) is 0 Å². The van der Waals surface area contributed by atoms with Crippen molar-refractivity contribution in [3.05, 3.63) is 5.89 Å². The van der Waals surface area contributed by atoms with Crippen molar-refractivity contribution >= 4 is 29.7 Å². The van der Waals surface area contributed by atoms with Crippen LogP contribution in [0.4, 0.5) is 6.01 Å². The van der Waals surface area contributed by atoms with E-state index in [9.17, 15) is 9.59 Å². The van der Waals surface area contributed by atoms with Gasteiger partial charge in [0.25, 0.3) is 0 Å². The Morgan fingerprint density at radius 3 is 2.70 bits per heavy atom. The van der Waals surface area contributed by atoms with E-state index >= 15 is 0 Å². The maximum atomic E-state index is 11.6. The summed E-state index contributed by atoms with van der Waals surface area (Å²) in [6, 6.07) is -0.823. The average Bonchev–Trinajstić information content (AvgIpc) is 2.82. The summed E-state index contributed by atoms with van der Waals surface area (Å²) in [4.78, 5) is 22.0. The van der Waals surface area contributed by atoms with Crippen molar-refractivity contribution in [2.24, 2.45) is 5.73 Å². The molecule has 0 aliphatic rings. The molecule has 20 heavy (non-hydrogen) atoms. The zero-order valence-corrected chi connectivity index (χ0v) is 12.1. The van der Waals surface area contributed by atoms with Gasteiger partial charge in [-0.15, -0.1) is 5.10 Å². The summed E-state index contributed by atoms with van der Waals surface area (Å²) < 4.78 is 5.23. The Labute approximate surface area is 120 Å². The summed E-state index contributed by atoms with van der Waals surface area (Å²) in [5.41, 5.74) is 5.34. The van der Waals surface area contributed by atoms with Gasteiger partial charge < -0.3 is 15.3 Å². The molecule has 9 heteroatoms. The molecule has 1 aromatic rings. The molecule has 0 spiro atoms. The first kappa shape index (κ1) is 16.4. The van der Waals surface area contributed by atoms with Gasteiger partial charge in [-0.3, -0.25) is 14.9 Å². The van der Waals surface area contributed by atoms with Crippen LogP contribution < -0.4 is 11.1 Å². The van der Waals surface area contributed by atoms with Gasteiger partial charge in [-0.2, -0.15) is 11.8 Å². The molecule has 0 aliphatic heterocycles. The molecule has 8 nitrogen and oxygen atoms in total. The van der Waals surface area contributed by atoms with Gasteiger partial charge in [0, 0.05) is 5.92 Å². The van der Waals surface area contributed by atoms with Crippen LogP contribution >= 0.6 is 11.8 Å². The number of hydrogen-bond acceptors (Lipinski definition) is 7. The highest BCUT2D eigenvalue weighted by Gasteiger charge is 2.13. The molecule has 0 aliphatic carbocycles. The molecule has 0 bridgehead atoms. The molecular weight excluding hydrogens is 284 g/mol. The highest BCUT2D eigenvalue weighted by atomic mass is 32.2. The van der Waals surface area contributed by atoms with Gasteiger partial charge in [0.2, 0.25) is 11.8 Å². The molecule has 1 aromatic heterocycles. The Morgan fingerprint density at radius 1 is 1.45 bits per heavy atom. The monoisotopic (exact) mass is 302 g/mol. The van der Waals surface area contributed by atoms with Crippen molar-refractivity contribution in [2.75, 3.05) is 16.8 Å². The van der Waals surface area contributed by atoms with Gasteiger partial charge in [0.05, 0.1) is 5.75 Å². The predicted octanol–water partition coefficient (Wildman–Crippen LogP) is 0.667. The van der Waals surface area contributed by atoms with Crippen LogP contribution in [0.5, 0.6) is 0 Å². The van der Waals surface area contributed by atoms with Gasteiger partial charge in [-0.1, -0.05) is 18.9 Å². The zero-order valence-electron chi connectivity index (χ0n) is 11.3. The number of nitrogens with two attached hydrogens (primary N) is 1. The van der Waals surface area contributed by atoms with Crippen molar-refractivity contribution in [1.29, 1.82) is 0 Å². The largest absolute Gasteiger partial charge is 0.480 e. The lowest BCUT2D eigenvalue weighted by molar-refractivity contribution is -0.138. The van der Waals surface area contributed by atoms with Crippen molar-refractivity contribution in [1.82, 2.24) is 10.2 Å². The molecule has 1 unspecified atom stereocenters. The standard InChI is InChI=1S/C11H18N4O4S/c1-6(2)9-14-15-11(19-9)13-8(16)5-20-4-3-7(12)10(17)18/h6-7H,3-5,12H2,1-2H3,(H,17,18)(H,13,15,16). The molecule has 4 N–H and O–H groups in total. The number of hydrogen-bond donors (Lipinski definition) is 3. The summed E-state index contributed by atoms with van der Waals surface area (Å²) in [6.07, 6.45) is 0.311. The second-order valence-corrected chi connectivity index (χ2v) is 5.54. The molecule has 1 atom stereocenters. The highest BCUT2D eigenvalue weighted by Crippen LogP contribution is 2.15. The van der Waals surface area contributed by atoms with E-state index in [0.717, 1.165) is 0 Å². The molecule has 1 amide bonds. The number of nitrogens with one attached hydrogen (secondary N) is 1. The lowest BCUT2D eigenvalue weighted by Gasteiger charge is -2.05. The first-order valence-corrected chi connectivity index (χ1v) is 7.25. The van der Waals surface area contributed by atoms with E-state index in [2.05, 4.69) is 15.5 Å². The Hall–Kier alpha value is -1.61. The van der Waals surface area contributed by atoms with E-state index in [1.54, 1.807) is 0 Å². The van der Waals surface area contributed by atoms with Crippen LogP contribution in [0.2, 0.25) is 0 Å². The van der Waals surface area contributed by atoms with Crippen molar-refractivity contribution in [2.45, 2.75) is 32.2 Å². The number of carbonyl (C=O) groups is 2. The Morgan fingerprint density at radius 2 is 2.15 bits per heavy atom. The number of nitrogens with zero attached hydrogens (tertiary/aromatic N) is 2. The van der Waals surface area contributed by atoms with Gasteiger partial charge in [-0.05, 0) is 12.2 Å². The molecule has 0 radical (unpaired) electrons. The summed E-state index contributed by atoms with van der Waals surface area (Å²) in [5.74, 6) is -0.103. The SMILES string of the molecule is CC(C)c1nnc(NC(=O)CSCCC(N)C(=O)O)o1. The fraction of sp³-hybridized carbons (Fsp3) is 0.636. The third-order valence-electron chi connectivity index (χ3n) is 2.30. The molecule has 0 aromatic carbocycles. The van der Waals surface area contributed by atoms with Crippen LogP contribution in [0.1, 0.15) is 32.1 Å². The molecule has 0 saturated heterocycles. The summed E-state index contributed by atoms with van der Waals surface area (Å²) in [6.45, 7) is 3.81. The normalized spacial score (nSPS) is 12.4. The molecule has 0 saturated carbocycles. The van der Waals surface area contributed by atoms with E-state index in [1.165, 1.54) is 11.8 Å². The van der Waals surface area contributed by atoms with E-state index in [0.29, 0.717) is 18.1 Å². The second-order valence-electron chi connectivity index (χ2n) is 4.43. The number of thioether (sulfide) groups is 1. The van der Waals surface area contributed by atoms with Gasteiger partial charge in [0.15, 0.2) is 0 Å². The number of carbonyl (C=O) groups excluding carboxylic acids is 1. The van der Waals surface area contributed by atoms with E-state index < -0.39 is 12.0 Å². The quantitative estimate of drug-likeness (QED) is 0.597. The van der Waals surface area contributed by atoms with Crippen molar-refractivity contribution in [3.8, 4) is 0 Å². The molecule has 1 rings (SSSR count). The second kappa shape index (κ2) is 7.85. The lowest BCUT2D eigenvalue weighted by Crippen LogP contribution is -2.30. The Balaban J connectivity index is 2.24. The van der Waals surface area contributed by atoms with Crippen molar-refractivity contribution in [3.63, 3.8) is 0 Å². The first-order valence-electron chi connectivity index (χ1n) is 6.09. The maximum Gasteiger partial charge on any atom is 0.322 e. The third-order valence-corrected chi connectivity index (χ3v) is 3.30. The zero-order chi connectivity index (χ0) is 15.1. The first-order chi connectivity index (χ1) is 9.40. The molecular formula is C11H18N4O4S. The summed E-state index contributed by atoms with van der Waals surface area (Å²) >= 11 is 1.29. The topological polar surface area (TPSA) is 131 Å². The van der Waals surface area contributed by atoms with E-state index in [-0.39, 0.29) is 23.6 Å². The van der Waals surface area contributed by atoms with E-state index in [4.69, 9.17) is 15.3 Å². The number of carboxylic acid groups (broad SMARTS) is 1. The summed E-state index contributed by atoms with van der Waals surface area (Å²) in [5, 5.41) is 18.6. The number of carboxylic acids is 1. The molecule has 1 heterocycles.